The molecule has 2 aromatic rings. The molecule has 0 saturated carbocycles. The SMILES string of the molecule is CC[C@H](NC(=O)NCc1nn[nH]n1)c1ncc(C)[nH]1. The molecule has 0 fully saturated rings. The Morgan fingerprint density at radius 1 is 1.53 bits per heavy atom. The molecule has 0 bridgehead atoms. The number of nitrogens with zero attached hydrogens (tertiary/aromatic N) is 4. The van der Waals surface area contributed by atoms with Crippen LogP contribution < -0.4 is 10.6 Å². The molecule has 9 nitrogen and oxygen atoms in total. The van der Waals surface area contributed by atoms with Gasteiger partial charge in [-0.05, 0) is 13.3 Å². The quantitative estimate of drug-likeness (QED) is 0.613. The Morgan fingerprint density at radius 2 is 2.37 bits per heavy atom. The van der Waals surface area contributed by atoms with Crippen LogP contribution in [0.25, 0.3) is 0 Å². The second-order valence-electron chi connectivity index (χ2n) is 4.07. The van der Waals surface area contributed by atoms with Crippen LogP contribution in [0.2, 0.25) is 0 Å². The van der Waals surface area contributed by atoms with Gasteiger partial charge in [-0.3, -0.25) is 0 Å². The van der Waals surface area contributed by atoms with Gasteiger partial charge in [0.15, 0.2) is 5.82 Å². The lowest BCUT2D eigenvalue weighted by molar-refractivity contribution is 0.235. The van der Waals surface area contributed by atoms with Crippen LogP contribution in [0.1, 0.15) is 36.7 Å². The van der Waals surface area contributed by atoms with Gasteiger partial charge in [-0.1, -0.05) is 12.1 Å². The molecule has 0 aromatic carbocycles. The number of aromatic amines is 2. The average molecular weight is 264 g/mol. The van der Waals surface area contributed by atoms with E-state index in [0.717, 1.165) is 17.9 Å². The summed E-state index contributed by atoms with van der Waals surface area (Å²) in [6.45, 7) is 4.11. The molecule has 0 spiro atoms. The van der Waals surface area contributed by atoms with E-state index in [-0.39, 0.29) is 18.6 Å². The van der Waals surface area contributed by atoms with Crippen molar-refractivity contribution < 1.29 is 4.79 Å². The maximum Gasteiger partial charge on any atom is 0.315 e. The van der Waals surface area contributed by atoms with Gasteiger partial charge in [0.25, 0.3) is 0 Å². The lowest BCUT2D eigenvalue weighted by atomic mass is 10.2. The third-order valence-corrected chi connectivity index (χ3v) is 2.56. The van der Waals surface area contributed by atoms with Gasteiger partial charge in [0.05, 0.1) is 12.6 Å². The fourth-order valence-electron chi connectivity index (χ4n) is 1.60. The van der Waals surface area contributed by atoms with Gasteiger partial charge < -0.3 is 15.6 Å². The van der Waals surface area contributed by atoms with E-state index in [1.165, 1.54) is 0 Å². The molecule has 0 aliphatic carbocycles. The summed E-state index contributed by atoms with van der Waals surface area (Å²) >= 11 is 0. The number of urea groups is 1. The van der Waals surface area contributed by atoms with Crippen molar-refractivity contribution in [3.05, 3.63) is 23.5 Å². The number of carbonyl (C=O) groups excluding carboxylic acids is 1. The molecule has 2 amide bonds. The van der Waals surface area contributed by atoms with Crippen molar-refractivity contribution in [2.45, 2.75) is 32.9 Å². The monoisotopic (exact) mass is 264 g/mol. The molecular weight excluding hydrogens is 248 g/mol. The Kier molecular flexibility index (Phi) is 4.06. The van der Waals surface area contributed by atoms with Crippen LogP contribution in [-0.2, 0) is 6.54 Å². The first-order chi connectivity index (χ1) is 9.19. The van der Waals surface area contributed by atoms with E-state index in [1.807, 2.05) is 13.8 Å². The molecule has 0 radical (unpaired) electrons. The molecule has 2 rings (SSSR count). The number of tetrazole rings is 1. The fourth-order valence-corrected chi connectivity index (χ4v) is 1.60. The smallest absolute Gasteiger partial charge is 0.315 e. The van der Waals surface area contributed by atoms with Crippen LogP contribution in [0.5, 0.6) is 0 Å². The minimum absolute atomic E-state index is 0.154. The Bertz CT molecular complexity index is 519. The van der Waals surface area contributed by atoms with E-state index >= 15 is 0 Å². The third-order valence-electron chi connectivity index (χ3n) is 2.56. The molecule has 2 aromatic heterocycles. The first-order valence-corrected chi connectivity index (χ1v) is 5.97. The number of hydrogen-bond acceptors (Lipinski definition) is 5. The molecule has 102 valence electrons. The van der Waals surface area contributed by atoms with Gasteiger partial charge in [-0.2, -0.15) is 5.21 Å². The summed E-state index contributed by atoms with van der Waals surface area (Å²) in [6, 6.07) is -0.454. The van der Waals surface area contributed by atoms with Crippen molar-refractivity contribution in [2.24, 2.45) is 0 Å². The zero-order valence-corrected chi connectivity index (χ0v) is 10.8. The van der Waals surface area contributed by atoms with Crippen LogP contribution in [0.4, 0.5) is 4.79 Å². The number of rotatable bonds is 5. The van der Waals surface area contributed by atoms with E-state index in [0.29, 0.717) is 5.82 Å². The highest BCUT2D eigenvalue weighted by Gasteiger charge is 2.15. The van der Waals surface area contributed by atoms with Crippen LogP contribution in [0, 0.1) is 6.92 Å². The summed E-state index contributed by atoms with van der Waals surface area (Å²) in [5, 5.41) is 18.7. The van der Waals surface area contributed by atoms with E-state index in [1.54, 1.807) is 6.20 Å². The van der Waals surface area contributed by atoms with E-state index < -0.39 is 0 Å². The summed E-state index contributed by atoms with van der Waals surface area (Å²) in [5.41, 5.74) is 0.961. The molecular formula is C10H16N8O. The van der Waals surface area contributed by atoms with Gasteiger partial charge in [0.2, 0.25) is 0 Å². The largest absolute Gasteiger partial charge is 0.344 e. The number of amides is 2. The average Bonchev–Trinajstić information content (AvgIpc) is 3.04. The summed E-state index contributed by atoms with van der Waals surface area (Å²) in [5.74, 6) is 1.17. The standard InChI is InChI=1S/C10H16N8O/c1-3-7(9-11-4-6(2)13-9)14-10(19)12-5-8-15-17-18-16-8/h4,7H,3,5H2,1-2H3,(H,11,13)(H2,12,14,19)(H,15,16,17,18)/t7-/m0/s1. The summed E-state index contributed by atoms with van der Waals surface area (Å²) in [4.78, 5) is 19.1. The van der Waals surface area contributed by atoms with Gasteiger partial charge in [-0.15, -0.1) is 10.2 Å². The lowest BCUT2D eigenvalue weighted by Gasteiger charge is -2.14. The molecule has 0 saturated heterocycles. The maximum atomic E-state index is 11.7. The topological polar surface area (TPSA) is 124 Å². The molecule has 0 aliphatic heterocycles. The number of nitrogens with one attached hydrogen (secondary N) is 4. The summed E-state index contributed by atoms with van der Waals surface area (Å²) in [7, 11) is 0. The Hall–Kier alpha value is -2.45. The molecule has 9 heteroatoms. The summed E-state index contributed by atoms with van der Waals surface area (Å²) in [6.07, 6.45) is 2.47. The number of aryl methyl sites for hydroxylation is 1. The molecule has 2 heterocycles. The van der Waals surface area contributed by atoms with E-state index in [2.05, 4.69) is 41.2 Å². The Labute approximate surface area is 109 Å². The van der Waals surface area contributed by atoms with Crippen molar-refractivity contribution in [1.82, 2.24) is 41.2 Å². The van der Waals surface area contributed by atoms with Crippen LogP contribution in [0.3, 0.4) is 0 Å². The highest BCUT2D eigenvalue weighted by molar-refractivity contribution is 5.74. The fraction of sp³-hybridized carbons (Fsp3) is 0.500. The van der Waals surface area contributed by atoms with Gasteiger partial charge >= 0.3 is 6.03 Å². The van der Waals surface area contributed by atoms with Crippen molar-refractivity contribution in [3.8, 4) is 0 Å². The predicted octanol–water partition coefficient (Wildman–Crippen LogP) is 0.182. The highest BCUT2D eigenvalue weighted by atomic mass is 16.2. The van der Waals surface area contributed by atoms with Gasteiger partial charge in [-0.25, -0.2) is 9.78 Å². The third kappa shape index (κ3) is 3.50. The van der Waals surface area contributed by atoms with E-state index in [9.17, 15) is 4.79 Å². The normalized spacial score (nSPS) is 12.1. The number of hydrogen-bond donors (Lipinski definition) is 4. The molecule has 0 aliphatic rings. The van der Waals surface area contributed by atoms with Crippen LogP contribution in [-0.4, -0.2) is 36.6 Å². The number of H-pyrrole nitrogens is 2. The van der Waals surface area contributed by atoms with Gasteiger partial charge in [0.1, 0.15) is 5.82 Å². The zero-order chi connectivity index (χ0) is 13.7. The zero-order valence-electron chi connectivity index (χ0n) is 10.8. The van der Waals surface area contributed by atoms with Crippen LogP contribution >= 0.6 is 0 Å². The maximum absolute atomic E-state index is 11.7. The van der Waals surface area contributed by atoms with Crippen LogP contribution in [0.15, 0.2) is 6.20 Å². The van der Waals surface area contributed by atoms with Crippen molar-refractivity contribution in [2.75, 3.05) is 0 Å². The second-order valence-corrected chi connectivity index (χ2v) is 4.07. The van der Waals surface area contributed by atoms with Crippen molar-refractivity contribution >= 4 is 6.03 Å². The second kappa shape index (κ2) is 5.94. The minimum Gasteiger partial charge on any atom is -0.344 e. The number of imidazole rings is 1. The Balaban J connectivity index is 1.86. The highest BCUT2D eigenvalue weighted by Crippen LogP contribution is 2.12. The van der Waals surface area contributed by atoms with Crippen molar-refractivity contribution in [3.63, 3.8) is 0 Å². The Morgan fingerprint density at radius 3 is 2.95 bits per heavy atom. The molecule has 0 unspecified atom stereocenters. The predicted molar refractivity (Wildman–Crippen MR) is 65.9 cm³/mol. The van der Waals surface area contributed by atoms with Gasteiger partial charge in [0, 0.05) is 11.9 Å². The van der Waals surface area contributed by atoms with E-state index in [4.69, 9.17) is 0 Å². The molecule has 1 atom stereocenters. The number of aromatic nitrogens is 6. The summed E-state index contributed by atoms with van der Waals surface area (Å²) < 4.78 is 0. The molecule has 19 heavy (non-hydrogen) atoms. The molecule has 4 N–H and O–H groups in total. The first-order valence-electron chi connectivity index (χ1n) is 5.97. The van der Waals surface area contributed by atoms with Crippen molar-refractivity contribution in [1.29, 1.82) is 0 Å². The minimum atomic E-state index is -0.300. The lowest BCUT2D eigenvalue weighted by Crippen LogP contribution is -2.38. The number of carbonyl (C=O) groups is 1. The first kappa shape index (κ1) is 13.0.